The van der Waals surface area contributed by atoms with Crippen LogP contribution in [0.3, 0.4) is 0 Å². The normalized spacial score (nSPS) is 9.68. The first-order valence-electron chi connectivity index (χ1n) is 5.75. The maximum atomic E-state index is 11.3. The summed E-state index contributed by atoms with van der Waals surface area (Å²) in [5, 5.41) is 8.66. The van der Waals surface area contributed by atoms with Gasteiger partial charge in [-0.25, -0.2) is 4.79 Å². The van der Waals surface area contributed by atoms with E-state index in [0.29, 0.717) is 5.56 Å². The van der Waals surface area contributed by atoms with E-state index in [1.54, 1.807) is 18.3 Å². The molecule has 0 bridgehead atoms. The van der Waals surface area contributed by atoms with E-state index in [4.69, 9.17) is 5.26 Å². The number of nitrogens with zero attached hydrogens (tertiary/aromatic N) is 2. The van der Waals surface area contributed by atoms with E-state index in [0.717, 1.165) is 16.8 Å². The number of carbonyl (C=O) groups is 1. The van der Waals surface area contributed by atoms with E-state index in [-0.39, 0.29) is 12.4 Å². The Bertz CT molecular complexity index is 627. The minimum absolute atomic E-state index is 0.286. The molecule has 19 heavy (non-hydrogen) atoms. The standard InChI is InChI=1S/C15H12N2O2/c1-19-15(18)12-4-2-11(3-5-12)13-7-9-17-14(10-13)6-8-16/h2-5,7,9-10H,6H2,1H3. The van der Waals surface area contributed by atoms with Crippen molar-refractivity contribution in [2.45, 2.75) is 6.42 Å². The lowest BCUT2D eigenvalue weighted by molar-refractivity contribution is 0.0601. The molecule has 1 aromatic heterocycles. The molecule has 2 aromatic rings. The Kier molecular flexibility index (Phi) is 3.89. The molecule has 0 radical (unpaired) electrons. The van der Waals surface area contributed by atoms with Gasteiger partial charge in [-0.1, -0.05) is 12.1 Å². The molecule has 2 rings (SSSR count). The SMILES string of the molecule is COC(=O)c1ccc(-c2ccnc(CC#N)c2)cc1. The molecule has 0 saturated carbocycles. The third-order valence-corrected chi connectivity index (χ3v) is 2.72. The van der Waals surface area contributed by atoms with Crippen LogP contribution < -0.4 is 0 Å². The molecular weight excluding hydrogens is 240 g/mol. The van der Waals surface area contributed by atoms with Crippen LogP contribution in [-0.2, 0) is 11.2 Å². The summed E-state index contributed by atoms with van der Waals surface area (Å²) >= 11 is 0. The summed E-state index contributed by atoms with van der Waals surface area (Å²) in [6.07, 6.45) is 1.96. The van der Waals surface area contributed by atoms with Crippen LogP contribution in [0.2, 0.25) is 0 Å². The monoisotopic (exact) mass is 252 g/mol. The van der Waals surface area contributed by atoms with Crippen molar-refractivity contribution in [3.63, 3.8) is 0 Å². The van der Waals surface area contributed by atoms with E-state index in [9.17, 15) is 4.79 Å². The Morgan fingerprint density at radius 3 is 2.63 bits per heavy atom. The Morgan fingerprint density at radius 2 is 2.00 bits per heavy atom. The molecule has 0 N–H and O–H groups in total. The highest BCUT2D eigenvalue weighted by Crippen LogP contribution is 2.20. The van der Waals surface area contributed by atoms with E-state index in [2.05, 4.69) is 15.8 Å². The number of rotatable bonds is 3. The second-order valence-electron chi connectivity index (χ2n) is 3.94. The molecule has 0 aliphatic carbocycles. The zero-order chi connectivity index (χ0) is 13.7. The highest BCUT2D eigenvalue weighted by molar-refractivity contribution is 5.89. The Hall–Kier alpha value is -2.67. The second kappa shape index (κ2) is 5.78. The first-order valence-corrected chi connectivity index (χ1v) is 5.75. The van der Waals surface area contributed by atoms with Gasteiger partial charge in [-0.2, -0.15) is 5.26 Å². The summed E-state index contributed by atoms with van der Waals surface area (Å²) < 4.78 is 4.65. The smallest absolute Gasteiger partial charge is 0.337 e. The number of hydrogen-bond acceptors (Lipinski definition) is 4. The highest BCUT2D eigenvalue weighted by Gasteiger charge is 2.05. The fraction of sp³-hybridized carbons (Fsp3) is 0.133. The molecule has 0 atom stereocenters. The van der Waals surface area contributed by atoms with Gasteiger partial charge >= 0.3 is 5.97 Å². The number of benzene rings is 1. The van der Waals surface area contributed by atoms with Gasteiger partial charge in [0, 0.05) is 6.20 Å². The number of aromatic nitrogens is 1. The van der Waals surface area contributed by atoms with Gasteiger partial charge in [-0.3, -0.25) is 4.98 Å². The Balaban J connectivity index is 2.29. The highest BCUT2D eigenvalue weighted by atomic mass is 16.5. The van der Waals surface area contributed by atoms with Crippen LogP contribution in [-0.4, -0.2) is 18.1 Å². The second-order valence-corrected chi connectivity index (χ2v) is 3.94. The molecule has 0 unspecified atom stereocenters. The van der Waals surface area contributed by atoms with Crippen LogP contribution in [0, 0.1) is 11.3 Å². The quantitative estimate of drug-likeness (QED) is 0.788. The van der Waals surface area contributed by atoms with Crippen molar-refractivity contribution in [1.82, 2.24) is 4.98 Å². The van der Waals surface area contributed by atoms with Crippen LogP contribution in [0.15, 0.2) is 42.6 Å². The lowest BCUT2D eigenvalue weighted by atomic mass is 10.0. The fourth-order valence-electron chi connectivity index (χ4n) is 1.75. The van der Waals surface area contributed by atoms with Crippen molar-refractivity contribution >= 4 is 5.97 Å². The maximum Gasteiger partial charge on any atom is 0.337 e. The number of hydrogen-bond donors (Lipinski definition) is 0. The average Bonchev–Trinajstić information content (AvgIpc) is 2.47. The van der Waals surface area contributed by atoms with Crippen molar-refractivity contribution in [2.24, 2.45) is 0 Å². The zero-order valence-corrected chi connectivity index (χ0v) is 10.5. The maximum absolute atomic E-state index is 11.3. The largest absolute Gasteiger partial charge is 0.465 e. The van der Waals surface area contributed by atoms with Crippen molar-refractivity contribution in [3.8, 4) is 17.2 Å². The lowest BCUT2D eigenvalue weighted by Crippen LogP contribution is -2.00. The van der Waals surface area contributed by atoms with Crippen molar-refractivity contribution in [3.05, 3.63) is 53.9 Å². The van der Waals surface area contributed by atoms with E-state index in [1.807, 2.05) is 24.3 Å². The molecule has 0 fully saturated rings. The molecule has 1 aromatic carbocycles. The van der Waals surface area contributed by atoms with Gasteiger partial charge in [-0.05, 0) is 35.4 Å². The minimum atomic E-state index is -0.355. The molecule has 0 amide bonds. The molecule has 0 saturated heterocycles. The first-order chi connectivity index (χ1) is 9.24. The number of esters is 1. The molecule has 94 valence electrons. The molecule has 0 spiro atoms. The van der Waals surface area contributed by atoms with Crippen molar-refractivity contribution < 1.29 is 9.53 Å². The first kappa shape index (κ1) is 12.8. The van der Waals surface area contributed by atoms with E-state index in [1.165, 1.54) is 7.11 Å². The topological polar surface area (TPSA) is 63.0 Å². The van der Waals surface area contributed by atoms with E-state index >= 15 is 0 Å². The predicted molar refractivity (Wildman–Crippen MR) is 70.3 cm³/mol. The third-order valence-electron chi connectivity index (χ3n) is 2.72. The number of carbonyl (C=O) groups excluding carboxylic acids is 1. The number of pyridine rings is 1. The number of nitriles is 1. The van der Waals surface area contributed by atoms with Gasteiger partial charge in [0.05, 0.1) is 30.9 Å². The average molecular weight is 252 g/mol. The zero-order valence-electron chi connectivity index (χ0n) is 10.5. The van der Waals surface area contributed by atoms with Gasteiger partial charge in [0.15, 0.2) is 0 Å². The molecule has 4 heteroatoms. The summed E-state index contributed by atoms with van der Waals surface area (Å²) in [6, 6.07) is 12.9. The molecule has 0 aliphatic heterocycles. The third kappa shape index (κ3) is 2.96. The van der Waals surface area contributed by atoms with Crippen LogP contribution >= 0.6 is 0 Å². The summed E-state index contributed by atoms with van der Waals surface area (Å²) in [5.74, 6) is -0.355. The van der Waals surface area contributed by atoms with Crippen LogP contribution in [0.5, 0.6) is 0 Å². The summed E-state index contributed by atoms with van der Waals surface area (Å²) in [4.78, 5) is 15.4. The fourth-order valence-corrected chi connectivity index (χ4v) is 1.75. The molecule has 1 heterocycles. The summed E-state index contributed by atoms with van der Waals surface area (Å²) in [5.41, 5.74) is 3.18. The number of ether oxygens (including phenoxy) is 1. The van der Waals surface area contributed by atoms with Gasteiger partial charge < -0.3 is 4.74 Å². The van der Waals surface area contributed by atoms with Crippen molar-refractivity contribution in [1.29, 1.82) is 5.26 Å². The van der Waals surface area contributed by atoms with Crippen molar-refractivity contribution in [2.75, 3.05) is 7.11 Å². The Labute approximate surface area is 111 Å². The summed E-state index contributed by atoms with van der Waals surface area (Å²) in [6.45, 7) is 0. The van der Waals surface area contributed by atoms with Crippen LogP contribution in [0.25, 0.3) is 11.1 Å². The summed E-state index contributed by atoms with van der Waals surface area (Å²) in [7, 11) is 1.35. The molecule has 0 aliphatic rings. The Morgan fingerprint density at radius 1 is 1.26 bits per heavy atom. The van der Waals surface area contributed by atoms with Crippen LogP contribution in [0.1, 0.15) is 16.1 Å². The van der Waals surface area contributed by atoms with E-state index < -0.39 is 0 Å². The minimum Gasteiger partial charge on any atom is -0.465 e. The van der Waals surface area contributed by atoms with Gasteiger partial charge in [0.2, 0.25) is 0 Å². The van der Waals surface area contributed by atoms with Gasteiger partial charge in [-0.15, -0.1) is 0 Å². The van der Waals surface area contributed by atoms with Crippen LogP contribution in [0.4, 0.5) is 0 Å². The number of methoxy groups -OCH3 is 1. The predicted octanol–water partition coefficient (Wildman–Crippen LogP) is 2.60. The lowest BCUT2D eigenvalue weighted by Gasteiger charge is -2.04. The van der Waals surface area contributed by atoms with Gasteiger partial charge in [0.25, 0.3) is 0 Å². The molecular formula is C15H12N2O2. The molecule has 4 nitrogen and oxygen atoms in total. The van der Waals surface area contributed by atoms with Gasteiger partial charge in [0.1, 0.15) is 0 Å².